The molecule has 0 spiro atoms. The van der Waals surface area contributed by atoms with Gasteiger partial charge in [-0.25, -0.2) is 30.7 Å². The first-order chi connectivity index (χ1) is 65.1. The third kappa shape index (κ3) is 34.2. The Labute approximate surface area is 823 Å². The predicted octanol–water partition coefficient (Wildman–Crippen LogP) is 28.5. The highest BCUT2D eigenvalue weighted by Gasteiger charge is 2.23. The SMILES string of the molecule is CCC(=O)Oc1cccc(Br)c1COc1cc(C)c(C)cc1F.CCC(=O)Oc1cccc(C)c1COc1cc(C)c(C)cc1F.CCC(=O)Oc1cccc(Cl)c1COc1cc(C)c(C)cc1F.CCC(=O)Oc1cccc(F)c1COc1cc(C)c(C)cc1F.CCC(=O)Oc1cccc(I)c1COc1cc(C)c(C)cc1F.CCC(=O)Oc1ccccc1COc1cc(C)c(C)cc1F. The van der Waals surface area contributed by atoms with Gasteiger partial charge in [0.05, 0.1) is 16.1 Å². The highest BCUT2D eigenvalue weighted by Crippen LogP contribution is 2.37. The molecule has 0 aliphatic heterocycles. The Morgan fingerprint density at radius 1 is 0.248 bits per heavy atom. The van der Waals surface area contributed by atoms with Crippen LogP contribution in [-0.4, -0.2) is 35.8 Å². The summed E-state index contributed by atoms with van der Waals surface area (Å²) in [5, 5.41) is 0.399. The van der Waals surface area contributed by atoms with Crippen molar-refractivity contribution in [1.29, 1.82) is 0 Å². The highest BCUT2D eigenvalue weighted by atomic mass is 127. The Morgan fingerprint density at radius 3 is 0.847 bits per heavy atom. The molecular formula is C109H112BrClF7IO18. The molecule has 18 nitrogen and oxygen atoms in total. The number of carbonyl (C=O) groups is 6. The van der Waals surface area contributed by atoms with Gasteiger partial charge in [0.2, 0.25) is 0 Å². The van der Waals surface area contributed by atoms with Crippen molar-refractivity contribution in [3.63, 3.8) is 0 Å². The zero-order valence-electron chi connectivity index (χ0n) is 80.0. The quantitative estimate of drug-likeness (QED) is 0.0177. The van der Waals surface area contributed by atoms with E-state index in [0.29, 0.717) is 63.3 Å². The molecule has 0 unspecified atom stereocenters. The van der Waals surface area contributed by atoms with Gasteiger partial charge in [0.15, 0.2) is 69.4 Å². The Kier molecular flexibility index (Phi) is 44.6. The zero-order valence-corrected chi connectivity index (χ0v) is 84.5. The van der Waals surface area contributed by atoms with Crippen molar-refractivity contribution in [2.24, 2.45) is 0 Å². The summed E-state index contributed by atoms with van der Waals surface area (Å²) >= 11 is 11.7. The van der Waals surface area contributed by atoms with Crippen molar-refractivity contribution >= 4 is 85.9 Å². The summed E-state index contributed by atoms with van der Waals surface area (Å²) in [4.78, 5) is 68.9. The molecule has 0 fully saturated rings. The molecule has 0 N–H and O–H groups in total. The van der Waals surface area contributed by atoms with E-state index >= 15 is 0 Å². The van der Waals surface area contributed by atoms with Gasteiger partial charge in [0.1, 0.15) is 80.0 Å². The second kappa shape index (κ2) is 54.9. The highest BCUT2D eigenvalue weighted by molar-refractivity contribution is 14.1. The fraction of sp³-hybridized carbons (Fsp3) is 0.284. The molecule has 0 saturated carbocycles. The molecule has 0 aromatic heterocycles. The summed E-state index contributed by atoms with van der Waals surface area (Å²) < 4.78 is 164. The van der Waals surface area contributed by atoms with Crippen molar-refractivity contribution < 1.29 is 116 Å². The van der Waals surface area contributed by atoms with Gasteiger partial charge < -0.3 is 56.8 Å². The molecule has 12 aromatic carbocycles. The van der Waals surface area contributed by atoms with Crippen LogP contribution in [0.2, 0.25) is 5.02 Å². The summed E-state index contributed by atoms with van der Waals surface area (Å²) in [5.74, 6) is -2.13. The van der Waals surface area contributed by atoms with E-state index in [1.807, 2.05) is 113 Å². The van der Waals surface area contributed by atoms with E-state index in [4.69, 9.17) is 68.4 Å². The molecule has 12 rings (SSSR count). The van der Waals surface area contributed by atoms with E-state index in [1.165, 1.54) is 54.6 Å². The molecule has 0 heterocycles. The van der Waals surface area contributed by atoms with Crippen molar-refractivity contribution in [2.45, 2.75) is 210 Å². The first-order valence-electron chi connectivity index (χ1n) is 44.0. The average Bonchev–Trinajstić information content (AvgIpc) is 0.837. The standard InChI is InChI=1S/C19H21FO3.C18H18BrFO3.C18H18ClFO3.C18H18F2O3.C18H18FIO3.C18H19FO3/c1-5-19(21)23-17-8-6-7-12(2)15(17)11-22-18-10-14(4)13(3)9-16(18)20;3*1-4-18(21)23-16-7-5-6-14(19)13(16)10-22-17-9-12(3)11(2)8-15(17)20;1-4-18(21)23-16-7-5-6-15(20)13(16)10-22-17-9-12(3)11(2)8-14(17)19;1-4-18(20)22-16-8-6-5-7-14(16)11-21-17-10-13(3)12(2)9-15(17)19/h6-10H,5,11H2,1-4H3;4*5-9H,4,10H2,1-3H3;5-10H,4,11H2,1-3H3. The van der Waals surface area contributed by atoms with Crippen LogP contribution in [0.3, 0.4) is 0 Å². The van der Waals surface area contributed by atoms with Crippen LogP contribution < -0.4 is 56.8 Å². The number of hydrogen-bond acceptors (Lipinski definition) is 18. The van der Waals surface area contributed by atoms with Crippen LogP contribution in [0.1, 0.15) is 186 Å². The third-order valence-corrected chi connectivity index (χ3v) is 23.4. The fourth-order valence-electron chi connectivity index (χ4n) is 12.0. The average molecular weight is 2090 g/mol. The molecule has 726 valence electrons. The van der Waals surface area contributed by atoms with E-state index in [-0.39, 0.29) is 141 Å². The van der Waals surface area contributed by atoms with Crippen molar-refractivity contribution in [3.05, 3.63) is 348 Å². The normalized spacial score (nSPS) is 10.5. The van der Waals surface area contributed by atoms with Crippen LogP contribution in [0.25, 0.3) is 0 Å². The van der Waals surface area contributed by atoms with E-state index in [1.54, 1.807) is 152 Å². The Morgan fingerprint density at radius 2 is 0.489 bits per heavy atom. The maximum absolute atomic E-state index is 14.0. The number of esters is 6. The number of carbonyl (C=O) groups excluding carboxylic acids is 6. The number of ether oxygens (including phenoxy) is 12. The number of para-hydroxylation sites is 1. The lowest BCUT2D eigenvalue weighted by atomic mass is 10.1. The van der Waals surface area contributed by atoms with Gasteiger partial charge in [-0.3, -0.25) is 28.8 Å². The Bertz CT molecular complexity index is 5520. The lowest BCUT2D eigenvalue weighted by Gasteiger charge is -2.14. The van der Waals surface area contributed by atoms with Crippen LogP contribution in [0, 0.1) is 134 Å². The molecule has 137 heavy (non-hydrogen) atoms. The lowest BCUT2D eigenvalue weighted by Crippen LogP contribution is -2.10. The minimum absolute atomic E-state index is 0.00538. The van der Waals surface area contributed by atoms with Gasteiger partial charge in [0, 0.05) is 68.8 Å². The molecule has 28 heteroatoms. The Balaban J connectivity index is 0.000000224. The largest absolute Gasteiger partial charge is 0.486 e. The third-order valence-electron chi connectivity index (χ3n) is 21.3. The second-order valence-electron chi connectivity index (χ2n) is 31.4. The number of rotatable bonds is 30. The van der Waals surface area contributed by atoms with Crippen molar-refractivity contribution in [1.82, 2.24) is 0 Å². The minimum Gasteiger partial charge on any atom is -0.486 e. The first kappa shape index (κ1) is 111. The van der Waals surface area contributed by atoms with Crippen LogP contribution in [0.15, 0.2) is 193 Å². The van der Waals surface area contributed by atoms with Crippen LogP contribution >= 0.6 is 50.1 Å². The Hall–Kier alpha value is -12.7. The van der Waals surface area contributed by atoms with Gasteiger partial charge in [-0.2, -0.15) is 0 Å². The van der Waals surface area contributed by atoms with Gasteiger partial charge >= 0.3 is 35.8 Å². The van der Waals surface area contributed by atoms with E-state index < -0.39 is 46.7 Å². The van der Waals surface area contributed by atoms with Crippen molar-refractivity contribution in [2.75, 3.05) is 0 Å². The molecule has 0 saturated heterocycles. The van der Waals surface area contributed by atoms with Crippen molar-refractivity contribution in [3.8, 4) is 69.0 Å². The minimum atomic E-state index is -0.573. The van der Waals surface area contributed by atoms with Crippen LogP contribution in [0.5, 0.6) is 69.0 Å². The van der Waals surface area contributed by atoms with Crippen LogP contribution in [0.4, 0.5) is 30.7 Å². The summed E-state index contributed by atoms with van der Waals surface area (Å²) in [5.41, 5.74) is 15.1. The topological polar surface area (TPSA) is 213 Å². The molecule has 0 aliphatic carbocycles. The maximum atomic E-state index is 14.0. The summed E-state index contributed by atoms with van der Waals surface area (Å²) in [6.45, 7) is 34.8. The van der Waals surface area contributed by atoms with E-state index in [2.05, 4.69) is 38.5 Å². The van der Waals surface area contributed by atoms with E-state index in [0.717, 1.165) is 91.5 Å². The number of hydrogen-bond donors (Lipinski definition) is 0. The summed E-state index contributed by atoms with van der Waals surface area (Å²) in [7, 11) is 0. The molecular weight excluding hydrogens is 1970 g/mol. The number of halogens is 10. The number of benzene rings is 12. The van der Waals surface area contributed by atoms with Gasteiger partial charge in [0.25, 0.3) is 0 Å². The second-order valence-corrected chi connectivity index (χ2v) is 33.8. The summed E-state index contributed by atoms with van der Waals surface area (Å²) in [6.07, 6.45) is 1.57. The fourth-order valence-corrected chi connectivity index (χ4v) is 13.4. The molecule has 0 atom stereocenters. The lowest BCUT2D eigenvalue weighted by molar-refractivity contribution is -0.135. The zero-order chi connectivity index (χ0) is 101. The van der Waals surface area contributed by atoms with Gasteiger partial charge in [-0.1, -0.05) is 124 Å². The van der Waals surface area contributed by atoms with Crippen LogP contribution in [-0.2, 0) is 68.4 Å². The first-order valence-corrected chi connectivity index (χ1v) is 46.2. The van der Waals surface area contributed by atoms with Gasteiger partial charge in [-0.05, 0) is 318 Å². The molecule has 0 radical (unpaired) electrons. The molecule has 0 aliphatic rings. The van der Waals surface area contributed by atoms with Gasteiger partial charge in [-0.15, -0.1) is 0 Å². The smallest absolute Gasteiger partial charge is 0.310 e. The summed E-state index contributed by atoms with van der Waals surface area (Å²) in [6, 6.07) is 50.8. The monoisotopic (exact) mass is 2080 g/mol. The molecule has 12 aromatic rings. The maximum Gasteiger partial charge on any atom is 0.310 e. The molecule has 0 amide bonds. The number of aryl methyl sites for hydroxylation is 13. The molecule has 0 bridgehead atoms. The van der Waals surface area contributed by atoms with E-state index in [9.17, 15) is 59.5 Å². The predicted molar refractivity (Wildman–Crippen MR) is 526 cm³/mol.